The fourth-order valence-corrected chi connectivity index (χ4v) is 3.90. The van der Waals surface area contributed by atoms with E-state index >= 15 is 0 Å². The summed E-state index contributed by atoms with van der Waals surface area (Å²) in [4.78, 5) is 0. The van der Waals surface area contributed by atoms with Crippen LogP contribution in [0.2, 0.25) is 10.0 Å². The van der Waals surface area contributed by atoms with Crippen LogP contribution < -0.4 is 14.8 Å². The van der Waals surface area contributed by atoms with E-state index in [0.29, 0.717) is 24.8 Å². The van der Waals surface area contributed by atoms with Crippen LogP contribution in [0.1, 0.15) is 23.6 Å². The van der Waals surface area contributed by atoms with Crippen molar-refractivity contribution in [2.75, 3.05) is 11.9 Å². The Morgan fingerprint density at radius 3 is 2.38 bits per heavy atom. The third kappa shape index (κ3) is 6.17. The molecule has 0 spiro atoms. The molecule has 0 bridgehead atoms. The van der Waals surface area contributed by atoms with Crippen LogP contribution in [0.3, 0.4) is 0 Å². The Balaban J connectivity index is 1.74. The molecule has 0 saturated carbocycles. The zero-order valence-electron chi connectivity index (χ0n) is 16.3. The van der Waals surface area contributed by atoms with E-state index in [-0.39, 0.29) is 0 Å². The number of hydrogen-bond donors (Lipinski definition) is 1. The van der Waals surface area contributed by atoms with Gasteiger partial charge in [-0.3, -0.25) is 0 Å². The molecule has 0 aliphatic heterocycles. The summed E-state index contributed by atoms with van der Waals surface area (Å²) in [6, 6.07) is 17.7. The van der Waals surface area contributed by atoms with Crippen molar-refractivity contribution in [3.63, 3.8) is 0 Å². The molecule has 3 aromatic carbocycles. The maximum absolute atomic E-state index is 6.22. The molecular formula is C23H22Cl2INO2. The largest absolute Gasteiger partial charge is 0.490 e. The van der Waals surface area contributed by atoms with Crippen molar-refractivity contribution in [1.29, 1.82) is 0 Å². The van der Waals surface area contributed by atoms with Crippen LogP contribution in [0, 0.1) is 10.5 Å². The predicted molar refractivity (Wildman–Crippen MR) is 130 cm³/mol. The first-order valence-corrected chi connectivity index (χ1v) is 11.1. The highest BCUT2D eigenvalue weighted by Crippen LogP contribution is 2.35. The fourth-order valence-electron chi connectivity index (χ4n) is 2.77. The number of aryl methyl sites for hydroxylation is 1. The molecule has 0 aromatic heterocycles. The lowest BCUT2D eigenvalue weighted by Gasteiger charge is -2.16. The second kappa shape index (κ2) is 10.4. The second-order valence-electron chi connectivity index (χ2n) is 6.57. The molecule has 3 rings (SSSR count). The maximum Gasteiger partial charge on any atom is 0.174 e. The molecule has 152 valence electrons. The van der Waals surface area contributed by atoms with Gasteiger partial charge in [0, 0.05) is 22.3 Å². The third-order valence-electron chi connectivity index (χ3n) is 4.33. The molecule has 0 fully saturated rings. The Hall–Kier alpha value is -1.63. The van der Waals surface area contributed by atoms with Gasteiger partial charge >= 0.3 is 0 Å². The maximum atomic E-state index is 6.22. The average Bonchev–Trinajstić information content (AvgIpc) is 2.70. The van der Waals surface area contributed by atoms with E-state index in [9.17, 15) is 0 Å². The van der Waals surface area contributed by atoms with Gasteiger partial charge in [0.1, 0.15) is 6.61 Å². The van der Waals surface area contributed by atoms with Crippen molar-refractivity contribution in [2.45, 2.75) is 27.0 Å². The highest BCUT2D eigenvalue weighted by atomic mass is 127. The number of benzene rings is 3. The summed E-state index contributed by atoms with van der Waals surface area (Å²) in [6.07, 6.45) is 0. The first-order valence-electron chi connectivity index (χ1n) is 9.28. The van der Waals surface area contributed by atoms with Gasteiger partial charge in [-0.2, -0.15) is 0 Å². The van der Waals surface area contributed by atoms with Gasteiger partial charge in [0.25, 0.3) is 0 Å². The Morgan fingerprint density at radius 1 is 0.931 bits per heavy atom. The number of nitrogens with one attached hydrogen (secondary N) is 1. The van der Waals surface area contributed by atoms with Gasteiger partial charge in [0.2, 0.25) is 0 Å². The van der Waals surface area contributed by atoms with Crippen molar-refractivity contribution >= 4 is 51.5 Å². The number of hydrogen-bond acceptors (Lipinski definition) is 3. The van der Waals surface area contributed by atoms with E-state index in [0.717, 1.165) is 42.5 Å². The quantitative estimate of drug-likeness (QED) is 0.299. The molecule has 0 unspecified atom stereocenters. The van der Waals surface area contributed by atoms with Crippen LogP contribution in [0.5, 0.6) is 11.5 Å². The molecule has 0 heterocycles. The number of ether oxygens (including phenoxy) is 2. The van der Waals surface area contributed by atoms with E-state index in [1.165, 1.54) is 0 Å². The first-order chi connectivity index (χ1) is 14.0. The van der Waals surface area contributed by atoms with Crippen LogP contribution >= 0.6 is 45.8 Å². The number of rotatable bonds is 8. The molecule has 0 amide bonds. The van der Waals surface area contributed by atoms with Crippen LogP contribution in [-0.2, 0) is 13.2 Å². The molecule has 0 saturated heterocycles. The lowest BCUT2D eigenvalue weighted by atomic mass is 10.1. The molecule has 0 aliphatic rings. The van der Waals surface area contributed by atoms with Crippen molar-refractivity contribution < 1.29 is 9.47 Å². The Labute approximate surface area is 195 Å². The monoisotopic (exact) mass is 541 g/mol. The van der Waals surface area contributed by atoms with Gasteiger partial charge in [-0.1, -0.05) is 41.4 Å². The van der Waals surface area contributed by atoms with Crippen LogP contribution in [0.25, 0.3) is 0 Å². The molecule has 0 radical (unpaired) electrons. The van der Waals surface area contributed by atoms with E-state index in [2.05, 4.69) is 34.0 Å². The van der Waals surface area contributed by atoms with E-state index in [1.54, 1.807) is 0 Å². The standard InChI is InChI=1S/C23H22Cl2INO2/c1-3-28-22-11-17(13-27-19-9-4-15(2)20(25)12-19)10-21(26)23(22)29-14-16-5-7-18(24)8-6-16/h4-12,27H,3,13-14H2,1-2H3. The minimum absolute atomic E-state index is 0.451. The van der Waals surface area contributed by atoms with Gasteiger partial charge in [0.15, 0.2) is 11.5 Å². The molecule has 3 nitrogen and oxygen atoms in total. The Morgan fingerprint density at radius 2 is 1.69 bits per heavy atom. The average molecular weight is 542 g/mol. The second-order valence-corrected chi connectivity index (χ2v) is 8.58. The van der Waals surface area contributed by atoms with Gasteiger partial charge in [-0.15, -0.1) is 0 Å². The summed E-state index contributed by atoms with van der Waals surface area (Å²) in [5.74, 6) is 1.50. The molecule has 6 heteroatoms. The highest BCUT2D eigenvalue weighted by molar-refractivity contribution is 14.1. The van der Waals surface area contributed by atoms with Crippen molar-refractivity contribution in [3.8, 4) is 11.5 Å². The van der Waals surface area contributed by atoms with Crippen molar-refractivity contribution in [1.82, 2.24) is 0 Å². The van der Waals surface area contributed by atoms with Crippen molar-refractivity contribution in [2.24, 2.45) is 0 Å². The zero-order chi connectivity index (χ0) is 20.8. The van der Waals surface area contributed by atoms with Crippen molar-refractivity contribution in [3.05, 3.63) is 84.9 Å². The Bertz CT molecular complexity index is 977. The van der Waals surface area contributed by atoms with Gasteiger partial charge in [-0.05, 0) is 89.5 Å². The van der Waals surface area contributed by atoms with E-state index in [1.807, 2.05) is 62.4 Å². The minimum atomic E-state index is 0.451. The molecule has 1 N–H and O–H groups in total. The molecule has 0 atom stereocenters. The number of anilines is 1. The topological polar surface area (TPSA) is 30.5 Å². The lowest BCUT2D eigenvalue weighted by Crippen LogP contribution is -2.05. The van der Waals surface area contributed by atoms with E-state index < -0.39 is 0 Å². The smallest absolute Gasteiger partial charge is 0.174 e. The summed E-state index contributed by atoms with van der Waals surface area (Å²) in [7, 11) is 0. The highest BCUT2D eigenvalue weighted by Gasteiger charge is 2.13. The summed E-state index contributed by atoms with van der Waals surface area (Å²) < 4.78 is 12.9. The summed E-state index contributed by atoms with van der Waals surface area (Å²) in [5, 5.41) is 4.88. The van der Waals surface area contributed by atoms with E-state index in [4.69, 9.17) is 32.7 Å². The first kappa shape index (κ1) is 22.1. The van der Waals surface area contributed by atoms with Gasteiger partial charge in [0.05, 0.1) is 10.2 Å². The van der Waals surface area contributed by atoms with Crippen LogP contribution in [-0.4, -0.2) is 6.61 Å². The third-order valence-corrected chi connectivity index (χ3v) is 5.79. The molecule has 3 aromatic rings. The summed E-state index contributed by atoms with van der Waals surface area (Å²) in [5.41, 5.74) is 4.20. The predicted octanol–water partition coefficient (Wildman–Crippen LogP) is 7.50. The molecule has 0 aliphatic carbocycles. The Kier molecular flexibility index (Phi) is 7.92. The summed E-state index contributed by atoms with van der Waals surface area (Å²) >= 11 is 14.5. The van der Waals surface area contributed by atoms with Crippen LogP contribution in [0.4, 0.5) is 5.69 Å². The molecule has 29 heavy (non-hydrogen) atoms. The summed E-state index contributed by atoms with van der Waals surface area (Å²) in [6.45, 7) is 5.64. The van der Waals surface area contributed by atoms with Gasteiger partial charge < -0.3 is 14.8 Å². The normalized spacial score (nSPS) is 10.7. The SMILES string of the molecule is CCOc1cc(CNc2ccc(C)c(Cl)c2)cc(I)c1OCc1ccc(Cl)cc1. The number of halogens is 3. The minimum Gasteiger partial charge on any atom is -0.490 e. The van der Waals surface area contributed by atoms with Crippen LogP contribution in [0.15, 0.2) is 54.6 Å². The zero-order valence-corrected chi connectivity index (χ0v) is 19.9. The van der Waals surface area contributed by atoms with Gasteiger partial charge in [-0.25, -0.2) is 0 Å². The lowest BCUT2D eigenvalue weighted by molar-refractivity contribution is 0.267. The fraction of sp³-hybridized carbons (Fsp3) is 0.217. The molecular weight excluding hydrogens is 520 g/mol.